The predicted octanol–water partition coefficient (Wildman–Crippen LogP) is 4.75. The standard InChI is InChI=1S/C19H20BrNO/c20-17-11-9-16(10-12-17)18-7-4-14-21(18)19(22)13-8-15-5-2-1-3-6-15/h1-3,5-6,9-12,18H,4,7-8,13-14H2. The van der Waals surface area contributed by atoms with Gasteiger partial charge in [-0.15, -0.1) is 0 Å². The number of halogens is 1. The second-order valence-electron chi connectivity index (χ2n) is 5.78. The third-order valence-corrected chi connectivity index (χ3v) is 4.83. The van der Waals surface area contributed by atoms with Crippen molar-refractivity contribution >= 4 is 21.8 Å². The van der Waals surface area contributed by atoms with Gasteiger partial charge in [-0.3, -0.25) is 4.79 Å². The van der Waals surface area contributed by atoms with Crippen LogP contribution in [0.5, 0.6) is 0 Å². The summed E-state index contributed by atoms with van der Waals surface area (Å²) in [6.45, 7) is 0.883. The Morgan fingerprint density at radius 2 is 1.82 bits per heavy atom. The molecule has 2 nitrogen and oxygen atoms in total. The first-order chi connectivity index (χ1) is 10.7. The molecule has 3 rings (SSSR count). The van der Waals surface area contributed by atoms with E-state index in [1.54, 1.807) is 0 Å². The van der Waals surface area contributed by atoms with Crippen LogP contribution in [0.4, 0.5) is 0 Å². The van der Waals surface area contributed by atoms with Crippen LogP contribution in [0.3, 0.4) is 0 Å². The van der Waals surface area contributed by atoms with Crippen LogP contribution in [-0.2, 0) is 11.2 Å². The van der Waals surface area contributed by atoms with E-state index in [2.05, 4.69) is 57.2 Å². The fourth-order valence-electron chi connectivity index (χ4n) is 3.14. The first kappa shape index (κ1) is 15.3. The van der Waals surface area contributed by atoms with Gasteiger partial charge in [0.05, 0.1) is 6.04 Å². The van der Waals surface area contributed by atoms with E-state index < -0.39 is 0 Å². The Morgan fingerprint density at radius 3 is 2.55 bits per heavy atom. The Bertz CT molecular complexity index is 624. The minimum atomic E-state index is 0.247. The Morgan fingerprint density at radius 1 is 1.09 bits per heavy atom. The van der Waals surface area contributed by atoms with Crippen LogP contribution in [0, 0.1) is 0 Å². The van der Waals surface area contributed by atoms with E-state index in [0.29, 0.717) is 6.42 Å². The second-order valence-corrected chi connectivity index (χ2v) is 6.70. The number of carbonyl (C=O) groups is 1. The summed E-state index contributed by atoms with van der Waals surface area (Å²) in [6, 6.07) is 18.8. The number of rotatable bonds is 4. The van der Waals surface area contributed by atoms with Crippen molar-refractivity contribution in [1.29, 1.82) is 0 Å². The smallest absolute Gasteiger partial charge is 0.223 e. The van der Waals surface area contributed by atoms with Gasteiger partial charge in [-0.1, -0.05) is 58.4 Å². The Labute approximate surface area is 140 Å². The van der Waals surface area contributed by atoms with Crippen molar-refractivity contribution in [2.45, 2.75) is 31.7 Å². The summed E-state index contributed by atoms with van der Waals surface area (Å²) in [6.07, 6.45) is 3.58. The molecule has 0 aliphatic carbocycles. The van der Waals surface area contributed by atoms with Crippen LogP contribution in [0.2, 0.25) is 0 Å². The monoisotopic (exact) mass is 357 g/mol. The molecule has 0 aromatic heterocycles. The topological polar surface area (TPSA) is 20.3 Å². The molecular formula is C19H20BrNO. The first-order valence-electron chi connectivity index (χ1n) is 7.83. The van der Waals surface area contributed by atoms with Gasteiger partial charge in [-0.05, 0) is 42.5 Å². The van der Waals surface area contributed by atoms with Gasteiger partial charge in [-0.2, -0.15) is 0 Å². The normalized spacial score (nSPS) is 17.7. The first-order valence-corrected chi connectivity index (χ1v) is 8.62. The minimum absolute atomic E-state index is 0.247. The number of amides is 1. The third kappa shape index (κ3) is 3.58. The van der Waals surface area contributed by atoms with Crippen molar-refractivity contribution < 1.29 is 4.79 Å². The van der Waals surface area contributed by atoms with Gasteiger partial charge in [0.25, 0.3) is 0 Å². The maximum Gasteiger partial charge on any atom is 0.223 e. The van der Waals surface area contributed by atoms with Crippen molar-refractivity contribution in [3.05, 3.63) is 70.2 Å². The maximum absolute atomic E-state index is 12.6. The van der Waals surface area contributed by atoms with Gasteiger partial charge in [0.15, 0.2) is 0 Å². The lowest BCUT2D eigenvalue weighted by Gasteiger charge is -2.25. The summed E-state index contributed by atoms with van der Waals surface area (Å²) in [5.74, 6) is 0.272. The van der Waals surface area contributed by atoms with E-state index in [9.17, 15) is 4.79 Å². The molecule has 3 heteroatoms. The highest BCUT2D eigenvalue weighted by atomic mass is 79.9. The SMILES string of the molecule is O=C(CCc1ccccc1)N1CCCC1c1ccc(Br)cc1. The predicted molar refractivity (Wildman–Crippen MR) is 92.6 cm³/mol. The molecule has 22 heavy (non-hydrogen) atoms. The second kappa shape index (κ2) is 7.10. The molecule has 1 aliphatic rings. The molecule has 0 radical (unpaired) electrons. The molecule has 0 N–H and O–H groups in total. The summed E-state index contributed by atoms with van der Waals surface area (Å²) in [5, 5.41) is 0. The van der Waals surface area contributed by atoms with Gasteiger partial charge in [0.2, 0.25) is 5.91 Å². The number of carbonyl (C=O) groups excluding carboxylic acids is 1. The number of likely N-dealkylation sites (tertiary alicyclic amines) is 1. The third-order valence-electron chi connectivity index (χ3n) is 4.30. The molecule has 1 atom stereocenters. The number of nitrogens with zero attached hydrogens (tertiary/aromatic N) is 1. The zero-order valence-electron chi connectivity index (χ0n) is 12.5. The lowest BCUT2D eigenvalue weighted by molar-refractivity contribution is -0.132. The average Bonchev–Trinajstić information content (AvgIpc) is 3.04. The van der Waals surface area contributed by atoms with Gasteiger partial charge in [0.1, 0.15) is 0 Å². The van der Waals surface area contributed by atoms with Crippen LogP contribution in [0.15, 0.2) is 59.1 Å². The van der Waals surface area contributed by atoms with Gasteiger partial charge < -0.3 is 4.90 Å². The average molecular weight is 358 g/mol. The molecule has 2 aromatic carbocycles. The highest BCUT2D eigenvalue weighted by Gasteiger charge is 2.29. The summed E-state index contributed by atoms with van der Waals surface area (Å²) in [5.41, 5.74) is 2.48. The molecule has 0 bridgehead atoms. The maximum atomic E-state index is 12.6. The summed E-state index contributed by atoms with van der Waals surface area (Å²) in [7, 11) is 0. The zero-order chi connectivity index (χ0) is 15.4. The van der Waals surface area contributed by atoms with E-state index in [1.807, 2.05) is 18.2 Å². The fraction of sp³-hybridized carbons (Fsp3) is 0.316. The molecule has 2 aromatic rings. The lowest BCUT2D eigenvalue weighted by Crippen LogP contribution is -2.30. The number of hydrogen-bond acceptors (Lipinski definition) is 1. The molecule has 1 saturated heterocycles. The van der Waals surface area contributed by atoms with E-state index in [4.69, 9.17) is 0 Å². The number of aryl methyl sites for hydroxylation is 1. The molecular weight excluding hydrogens is 338 g/mol. The van der Waals surface area contributed by atoms with E-state index in [-0.39, 0.29) is 11.9 Å². The quantitative estimate of drug-likeness (QED) is 0.773. The zero-order valence-corrected chi connectivity index (χ0v) is 14.1. The van der Waals surface area contributed by atoms with Crippen LogP contribution >= 0.6 is 15.9 Å². The molecule has 1 fully saturated rings. The van der Waals surface area contributed by atoms with Gasteiger partial charge in [-0.25, -0.2) is 0 Å². The number of benzene rings is 2. The van der Waals surface area contributed by atoms with Crippen LogP contribution in [0.1, 0.15) is 36.4 Å². The van der Waals surface area contributed by atoms with Crippen LogP contribution in [-0.4, -0.2) is 17.4 Å². The highest BCUT2D eigenvalue weighted by molar-refractivity contribution is 9.10. The molecule has 114 valence electrons. The summed E-state index contributed by atoms with van der Waals surface area (Å²) < 4.78 is 1.08. The summed E-state index contributed by atoms with van der Waals surface area (Å²) in [4.78, 5) is 14.6. The van der Waals surface area contributed by atoms with Crippen molar-refractivity contribution in [3.8, 4) is 0 Å². The highest BCUT2D eigenvalue weighted by Crippen LogP contribution is 2.33. The minimum Gasteiger partial charge on any atom is -0.336 e. The fourth-order valence-corrected chi connectivity index (χ4v) is 3.40. The van der Waals surface area contributed by atoms with Crippen molar-refractivity contribution in [2.24, 2.45) is 0 Å². The molecule has 1 aliphatic heterocycles. The molecule has 1 amide bonds. The molecule has 1 unspecified atom stereocenters. The lowest BCUT2D eigenvalue weighted by atomic mass is 10.0. The summed E-state index contributed by atoms with van der Waals surface area (Å²) >= 11 is 3.47. The Hall–Kier alpha value is -1.61. The molecule has 1 heterocycles. The number of hydrogen-bond donors (Lipinski definition) is 0. The van der Waals surface area contributed by atoms with E-state index in [1.165, 1.54) is 11.1 Å². The van der Waals surface area contributed by atoms with Crippen molar-refractivity contribution in [1.82, 2.24) is 4.90 Å². The van der Waals surface area contributed by atoms with Gasteiger partial charge in [0, 0.05) is 17.4 Å². The molecule has 0 spiro atoms. The van der Waals surface area contributed by atoms with Crippen molar-refractivity contribution in [2.75, 3.05) is 6.54 Å². The molecule has 0 saturated carbocycles. The Balaban J connectivity index is 1.65. The van der Waals surface area contributed by atoms with E-state index >= 15 is 0 Å². The largest absolute Gasteiger partial charge is 0.336 e. The van der Waals surface area contributed by atoms with Crippen LogP contribution in [0.25, 0.3) is 0 Å². The van der Waals surface area contributed by atoms with Gasteiger partial charge >= 0.3 is 0 Å². The van der Waals surface area contributed by atoms with Crippen molar-refractivity contribution in [3.63, 3.8) is 0 Å². The van der Waals surface area contributed by atoms with Crippen LogP contribution < -0.4 is 0 Å². The van der Waals surface area contributed by atoms with E-state index in [0.717, 1.165) is 30.3 Å². The Kier molecular flexibility index (Phi) is 4.94.